The third-order valence-electron chi connectivity index (χ3n) is 1.74. The minimum Gasteiger partial charge on any atom is -0.299 e. The van der Waals surface area contributed by atoms with Crippen LogP contribution in [0.15, 0.2) is 29.2 Å². The smallest absolute Gasteiger partial charge is 0.144 e. The Morgan fingerprint density at radius 1 is 1.53 bits per heavy atom. The number of hydrogen-bond acceptors (Lipinski definition) is 2. The lowest BCUT2D eigenvalue weighted by molar-refractivity contribution is -0.116. The molecule has 0 aliphatic heterocycles. The molecule has 1 aromatic rings. The van der Waals surface area contributed by atoms with E-state index in [4.69, 9.17) is 18.0 Å². The van der Waals surface area contributed by atoms with Crippen molar-refractivity contribution in [2.45, 2.75) is 17.7 Å². The predicted molar refractivity (Wildman–Crippen MR) is 65.3 cm³/mol. The number of hydrogen-bond donors (Lipinski definition) is 0. The van der Waals surface area contributed by atoms with Gasteiger partial charge in [0.05, 0.1) is 5.75 Å². The molecule has 0 aromatic heterocycles. The molecule has 0 amide bonds. The molecule has 0 heterocycles. The molecule has 0 saturated heterocycles. The predicted octanol–water partition coefficient (Wildman–Crippen LogP) is 3.41. The third-order valence-corrected chi connectivity index (χ3v) is 3.03. The Balaban J connectivity index is 2.37. The van der Waals surface area contributed by atoms with Gasteiger partial charge in [0.2, 0.25) is 0 Å². The van der Waals surface area contributed by atoms with E-state index in [0.29, 0.717) is 23.6 Å². The molecule has 0 saturated carbocycles. The summed E-state index contributed by atoms with van der Waals surface area (Å²) in [6.07, 6.45) is 6.06. The van der Waals surface area contributed by atoms with Crippen molar-refractivity contribution in [3.63, 3.8) is 0 Å². The van der Waals surface area contributed by atoms with Crippen LogP contribution in [0, 0.1) is 12.3 Å². The van der Waals surface area contributed by atoms with Crippen molar-refractivity contribution >= 4 is 29.1 Å². The Labute approximate surface area is 99.2 Å². The van der Waals surface area contributed by atoms with E-state index in [1.807, 2.05) is 24.3 Å². The van der Waals surface area contributed by atoms with Crippen LogP contribution in [0.4, 0.5) is 0 Å². The fraction of sp³-hybridized carbons (Fsp3) is 0.250. The van der Waals surface area contributed by atoms with Crippen LogP contribution in [0.5, 0.6) is 0 Å². The minimum atomic E-state index is 0.179. The maximum Gasteiger partial charge on any atom is 0.144 e. The molecule has 78 valence electrons. The molecule has 15 heavy (non-hydrogen) atoms. The number of benzene rings is 1. The topological polar surface area (TPSA) is 17.1 Å². The molecule has 0 spiro atoms. The van der Waals surface area contributed by atoms with Crippen molar-refractivity contribution in [2.24, 2.45) is 0 Å². The van der Waals surface area contributed by atoms with Crippen LogP contribution >= 0.6 is 23.4 Å². The van der Waals surface area contributed by atoms with Crippen LogP contribution in [0.3, 0.4) is 0 Å². The summed E-state index contributed by atoms with van der Waals surface area (Å²) in [5.74, 6) is 3.09. The van der Waals surface area contributed by atoms with Crippen molar-refractivity contribution in [3.8, 4) is 12.3 Å². The fourth-order valence-corrected chi connectivity index (χ4v) is 2.12. The van der Waals surface area contributed by atoms with Crippen molar-refractivity contribution in [3.05, 3.63) is 29.3 Å². The van der Waals surface area contributed by atoms with Gasteiger partial charge in [-0.3, -0.25) is 4.79 Å². The lowest BCUT2D eigenvalue weighted by atomic mass is 10.2. The molecule has 0 radical (unpaired) electrons. The molecule has 3 heteroatoms. The Hall–Kier alpha value is -0.910. The van der Waals surface area contributed by atoms with Gasteiger partial charge in [-0.15, -0.1) is 24.1 Å². The zero-order chi connectivity index (χ0) is 11.1. The molecular weight excluding hydrogens is 228 g/mol. The first-order valence-electron chi connectivity index (χ1n) is 4.56. The number of ketones is 1. The van der Waals surface area contributed by atoms with Crippen LogP contribution in [-0.4, -0.2) is 11.5 Å². The van der Waals surface area contributed by atoms with Gasteiger partial charge in [0, 0.05) is 22.8 Å². The first kappa shape index (κ1) is 12.2. The first-order chi connectivity index (χ1) is 7.22. The van der Waals surface area contributed by atoms with E-state index in [9.17, 15) is 4.79 Å². The molecular formula is C12H11ClOS. The van der Waals surface area contributed by atoms with Gasteiger partial charge in [-0.25, -0.2) is 0 Å². The molecule has 0 atom stereocenters. The second kappa shape index (κ2) is 6.55. The Bertz CT molecular complexity index is 381. The standard InChI is InChI=1S/C12H11ClOS/c1-2-3-6-11(14)9-15-12-7-4-5-10(13)8-12/h1,4-5,7-8H,3,6,9H2. The average Bonchev–Trinajstić information content (AvgIpc) is 2.23. The monoisotopic (exact) mass is 238 g/mol. The molecule has 1 aromatic carbocycles. The van der Waals surface area contributed by atoms with E-state index in [0.717, 1.165) is 4.90 Å². The highest BCUT2D eigenvalue weighted by atomic mass is 35.5. The van der Waals surface area contributed by atoms with Gasteiger partial charge < -0.3 is 0 Å². The summed E-state index contributed by atoms with van der Waals surface area (Å²) in [6, 6.07) is 7.47. The summed E-state index contributed by atoms with van der Waals surface area (Å²) in [6.45, 7) is 0. The van der Waals surface area contributed by atoms with Gasteiger partial charge >= 0.3 is 0 Å². The SMILES string of the molecule is C#CCCC(=O)CSc1cccc(Cl)c1. The maximum atomic E-state index is 11.3. The van der Waals surface area contributed by atoms with E-state index < -0.39 is 0 Å². The Morgan fingerprint density at radius 3 is 3.00 bits per heavy atom. The van der Waals surface area contributed by atoms with Gasteiger partial charge in [-0.05, 0) is 18.2 Å². The Morgan fingerprint density at radius 2 is 2.33 bits per heavy atom. The van der Waals surface area contributed by atoms with Crippen molar-refractivity contribution in [1.82, 2.24) is 0 Å². The van der Waals surface area contributed by atoms with Gasteiger partial charge in [-0.2, -0.15) is 0 Å². The molecule has 0 aliphatic rings. The van der Waals surface area contributed by atoms with Crippen molar-refractivity contribution in [2.75, 3.05) is 5.75 Å². The fourth-order valence-electron chi connectivity index (χ4n) is 1.00. The zero-order valence-corrected chi connectivity index (χ0v) is 9.77. The number of carbonyl (C=O) groups is 1. The number of terminal acetylenes is 1. The summed E-state index contributed by atoms with van der Waals surface area (Å²) in [5.41, 5.74) is 0. The largest absolute Gasteiger partial charge is 0.299 e. The third kappa shape index (κ3) is 4.92. The second-order valence-electron chi connectivity index (χ2n) is 2.99. The van der Waals surface area contributed by atoms with Gasteiger partial charge in [0.25, 0.3) is 0 Å². The first-order valence-corrected chi connectivity index (χ1v) is 5.92. The molecule has 0 unspecified atom stereocenters. The van der Waals surface area contributed by atoms with Crippen LogP contribution in [0.1, 0.15) is 12.8 Å². The quantitative estimate of drug-likeness (QED) is 0.578. The van der Waals surface area contributed by atoms with Crippen LogP contribution in [0.25, 0.3) is 0 Å². The van der Waals surface area contributed by atoms with E-state index in [1.54, 1.807) is 0 Å². The molecule has 0 bridgehead atoms. The maximum absolute atomic E-state index is 11.3. The van der Waals surface area contributed by atoms with Crippen molar-refractivity contribution < 1.29 is 4.79 Å². The van der Waals surface area contributed by atoms with Crippen LogP contribution < -0.4 is 0 Å². The van der Waals surface area contributed by atoms with Gasteiger partial charge in [0.15, 0.2) is 0 Å². The van der Waals surface area contributed by atoms with Crippen LogP contribution in [0.2, 0.25) is 5.02 Å². The summed E-state index contributed by atoms with van der Waals surface area (Å²) in [5, 5.41) is 0.691. The summed E-state index contributed by atoms with van der Waals surface area (Å²) >= 11 is 7.31. The highest BCUT2D eigenvalue weighted by Crippen LogP contribution is 2.21. The highest BCUT2D eigenvalue weighted by molar-refractivity contribution is 8.00. The van der Waals surface area contributed by atoms with Gasteiger partial charge in [-0.1, -0.05) is 17.7 Å². The van der Waals surface area contributed by atoms with Crippen molar-refractivity contribution in [1.29, 1.82) is 0 Å². The minimum absolute atomic E-state index is 0.179. The normalized spacial score (nSPS) is 9.60. The van der Waals surface area contributed by atoms with E-state index in [2.05, 4.69) is 5.92 Å². The second-order valence-corrected chi connectivity index (χ2v) is 4.47. The molecule has 0 fully saturated rings. The summed E-state index contributed by atoms with van der Waals surface area (Å²) in [7, 11) is 0. The van der Waals surface area contributed by atoms with E-state index >= 15 is 0 Å². The van der Waals surface area contributed by atoms with Crippen LogP contribution in [-0.2, 0) is 4.79 Å². The average molecular weight is 239 g/mol. The van der Waals surface area contributed by atoms with E-state index in [1.165, 1.54) is 11.8 Å². The zero-order valence-electron chi connectivity index (χ0n) is 8.20. The molecule has 0 aliphatic carbocycles. The highest BCUT2D eigenvalue weighted by Gasteiger charge is 2.02. The lowest BCUT2D eigenvalue weighted by Crippen LogP contribution is -2.00. The molecule has 1 nitrogen and oxygen atoms in total. The summed E-state index contributed by atoms with van der Waals surface area (Å²) in [4.78, 5) is 12.3. The van der Waals surface area contributed by atoms with Gasteiger partial charge in [0.1, 0.15) is 5.78 Å². The number of Topliss-reactive ketones (excluding diaryl/α,β-unsaturated/α-hetero) is 1. The molecule has 0 N–H and O–H groups in total. The number of carbonyl (C=O) groups excluding carboxylic acids is 1. The number of rotatable bonds is 5. The summed E-state index contributed by atoms with van der Waals surface area (Å²) < 4.78 is 0. The van der Waals surface area contributed by atoms with E-state index in [-0.39, 0.29) is 5.78 Å². The molecule has 1 rings (SSSR count). The lowest BCUT2D eigenvalue weighted by Gasteiger charge is -2.00. The number of halogens is 1. The number of thioether (sulfide) groups is 1. The Kier molecular flexibility index (Phi) is 5.31.